The van der Waals surface area contributed by atoms with Gasteiger partial charge in [0, 0.05) is 23.9 Å². The van der Waals surface area contributed by atoms with Crippen molar-refractivity contribution in [2.45, 2.75) is 31.7 Å². The van der Waals surface area contributed by atoms with Crippen LogP contribution in [0, 0.1) is 0 Å². The maximum absolute atomic E-state index is 5.12. The summed E-state index contributed by atoms with van der Waals surface area (Å²) in [6.07, 6.45) is 4.17. The largest absolute Gasteiger partial charge is 0.304 e. The van der Waals surface area contributed by atoms with Crippen LogP contribution >= 0.6 is 0 Å². The monoisotopic (exact) mass is 181 g/mol. The van der Waals surface area contributed by atoms with Crippen LogP contribution in [0.4, 0.5) is 0 Å². The molecule has 1 saturated carbocycles. The second kappa shape index (κ2) is 3.12. The predicted octanol–water partition coefficient (Wildman–Crippen LogP) is 0.825. The molecule has 2 N–H and O–H groups in total. The van der Waals surface area contributed by atoms with Crippen LogP contribution in [0.25, 0.3) is 0 Å². The van der Waals surface area contributed by atoms with Crippen LogP contribution in [-0.4, -0.2) is 16.4 Å². The SMILES string of the molecule is CCn1nccc1C1(CON)CC1. The Hall–Kier alpha value is -0.870. The number of hydrogen-bond acceptors (Lipinski definition) is 3. The van der Waals surface area contributed by atoms with Gasteiger partial charge >= 0.3 is 0 Å². The van der Waals surface area contributed by atoms with Gasteiger partial charge in [0.15, 0.2) is 0 Å². The minimum absolute atomic E-state index is 0.168. The van der Waals surface area contributed by atoms with E-state index in [1.165, 1.54) is 5.69 Å². The third-order valence-corrected chi connectivity index (χ3v) is 2.77. The van der Waals surface area contributed by atoms with Gasteiger partial charge in [-0.3, -0.25) is 4.68 Å². The maximum Gasteiger partial charge on any atom is 0.0790 e. The van der Waals surface area contributed by atoms with Crippen molar-refractivity contribution in [3.05, 3.63) is 18.0 Å². The molecule has 0 aliphatic heterocycles. The molecule has 72 valence electrons. The second-order valence-corrected chi connectivity index (χ2v) is 3.62. The zero-order valence-corrected chi connectivity index (χ0v) is 7.86. The molecular formula is C9H15N3O. The van der Waals surface area contributed by atoms with Crippen molar-refractivity contribution >= 4 is 0 Å². The van der Waals surface area contributed by atoms with E-state index in [1.54, 1.807) is 0 Å². The third kappa shape index (κ3) is 1.36. The topological polar surface area (TPSA) is 53.1 Å². The fraction of sp³-hybridized carbons (Fsp3) is 0.667. The Labute approximate surface area is 77.6 Å². The summed E-state index contributed by atoms with van der Waals surface area (Å²) < 4.78 is 2.02. The van der Waals surface area contributed by atoms with E-state index < -0.39 is 0 Å². The summed E-state index contributed by atoms with van der Waals surface area (Å²) in [5.41, 5.74) is 1.43. The molecule has 0 radical (unpaired) electrons. The molecule has 2 rings (SSSR count). The van der Waals surface area contributed by atoms with E-state index in [0.717, 1.165) is 19.4 Å². The lowest BCUT2D eigenvalue weighted by Crippen LogP contribution is -2.21. The van der Waals surface area contributed by atoms with Crippen LogP contribution < -0.4 is 5.90 Å². The second-order valence-electron chi connectivity index (χ2n) is 3.62. The highest BCUT2D eigenvalue weighted by molar-refractivity contribution is 5.24. The molecule has 0 atom stereocenters. The van der Waals surface area contributed by atoms with E-state index in [2.05, 4.69) is 18.1 Å². The van der Waals surface area contributed by atoms with Gasteiger partial charge in [-0.2, -0.15) is 5.10 Å². The molecule has 0 bridgehead atoms. The summed E-state index contributed by atoms with van der Waals surface area (Å²) in [6, 6.07) is 2.06. The molecule has 0 unspecified atom stereocenters. The minimum atomic E-state index is 0.168. The van der Waals surface area contributed by atoms with E-state index >= 15 is 0 Å². The summed E-state index contributed by atoms with van der Waals surface area (Å²) in [5, 5.41) is 4.24. The van der Waals surface area contributed by atoms with Crippen molar-refractivity contribution < 1.29 is 4.84 Å². The first-order valence-corrected chi connectivity index (χ1v) is 4.66. The van der Waals surface area contributed by atoms with Gasteiger partial charge in [0.1, 0.15) is 0 Å². The first-order chi connectivity index (χ1) is 6.32. The number of hydrogen-bond donors (Lipinski definition) is 1. The molecular weight excluding hydrogens is 166 g/mol. The van der Waals surface area contributed by atoms with Crippen molar-refractivity contribution in [1.82, 2.24) is 9.78 Å². The molecule has 1 aromatic heterocycles. The van der Waals surface area contributed by atoms with Gasteiger partial charge in [-0.25, -0.2) is 5.90 Å². The molecule has 1 aliphatic rings. The third-order valence-electron chi connectivity index (χ3n) is 2.77. The van der Waals surface area contributed by atoms with Gasteiger partial charge in [-0.15, -0.1) is 0 Å². The van der Waals surface area contributed by atoms with Crippen LogP contribution in [0.3, 0.4) is 0 Å². The van der Waals surface area contributed by atoms with Gasteiger partial charge in [0.2, 0.25) is 0 Å². The molecule has 1 aromatic rings. The highest BCUT2D eigenvalue weighted by Gasteiger charge is 2.46. The fourth-order valence-corrected chi connectivity index (χ4v) is 1.82. The van der Waals surface area contributed by atoms with Crippen molar-refractivity contribution in [3.8, 4) is 0 Å². The standard InChI is InChI=1S/C9H15N3O/c1-2-12-8(3-6-11-12)9(4-5-9)7-13-10/h3,6H,2,4-5,7,10H2,1H3. The van der Waals surface area contributed by atoms with Crippen LogP contribution in [0.1, 0.15) is 25.5 Å². The molecule has 13 heavy (non-hydrogen) atoms. The Kier molecular flexibility index (Phi) is 2.09. The van der Waals surface area contributed by atoms with Crippen molar-refractivity contribution in [2.75, 3.05) is 6.61 Å². The van der Waals surface area contributed by atoms with Crippen LogP contribution in [0.15, 0.2) is 12.3 Å². The lowest BCUT2D eigenvalue weighted by Gasteiger charge is -2.14. The Morgan fingerprint density at radius 1 is 1.69 bits per heavy atom. The Bertz CT molecular complexity index is 291. The van der Waals surface area contributed by atoms with Gasteiger partial charge in [0.25, 0.3) is 0 Å². The van der Waals surface area contributed by atoms with E-state index in [1.807, 2.05) is 10.9 Å². The number of nitrogens with two attached hydrogens (primary N) is 1. The number of rotatable bonds is 4. The van der Waals surface area contributed by atoms with Crippen molar-refractivity contribution in [1.29, 1.82) is 0 Å². The predicted molar refractivity (Wildman–Crippen MR) is 49.0 cm³/mol. The molecule has 0 spiro atoms. The summed E-state index contributed by atoms with van der Waals surface area (Å²) in [4.78, 5) is 4.75. The van der Waals surface area contributed by atoms with Gasteiger partial charge in [-0.1, -0.05) is 0 Å². The first kappa shape index (κ1) is 8.72. The molecule has 1 heterocycles. The quantitative estimate of drug-likeness (QED) is 0.700. The summed E-state index contributed by atoms with van der Waals surface area (Å²) in [6.45, 7) is 3.61. The summed E-state index contributed by atoms with van der Waals surface area (Å²) >= 11 is 0. The Morgan fingerprint density at radius 2 is 2.46 bits per heavy atom. The number of aromatic nitrogens is 2. The Balaban J connectivity index is 2.24. The summed E-state index contributed by atoms with van der Waals surface area (Å²) in [5.74, 6) is 5.12. The molecule has 0 saturated heterocycles. The normalized spacial score (nSPS) is 18.9. The highest BCUT2D eigenvalue weighted by atomic mass is 16.6. The molecule has 1 aliphatic carbocycles. The first-order valence-electron chi connectivity index (χ1n) is 4.66. The fourth-order valence-electron chi connectivity index (χ4n) is 1.82. The lowest BCUT2D eigenvalue weighted by molar-refractivity contribution is 0.113. The van der Waals surface area contributed by atoms with E-state index in [4.69, 9.17) is 10.7 Å². The number of aryl methyl sites for hydroxylation is 1. The average molecular weight is 181 g/mol. The zero-order valence-electron chi connectivity index (χ0n) is 7.86. The average Bonchev–Trinajstić information content (AvgIpc) is 2.77. The molecule has 1 fully saturated rings. The smallest absolute Gasteiger partial charge is 0.0790 e. The van der Waals surface area contributed by atoms with Crippen LogP contribution in [-0.2, 0) is 16.8 Å². The van der Waals surface area contributed by atoms with E-state index in [9.17, 15) is 0 Å². The Morgan fingerprint density at radius 3 is 3.00 bits per heavy atom. The summed E-state index contributed by atoms with van der Waals surface area (Å²) in [7, 11) is 0. The lowest BCUT2D eigenvalue weighted by atomic mass is 10.0. The molecule has 0 amide bonds. The van der Waals surface area contributed by atoms with Gasteiger partial charge < -0.3 is 4.84 Å². The highest BCUT2D eigenvalue weighted by Crippen LogP contribution is 2.47. The van der Waals surface area contributed by atoms with Crippen LogP contribution in [0.5, 0.6) is 0 Å². The van der Waals surface area contributed by atoms with Crippen molar-refractivity contribution in [2.24, 2.45) is 5.90 Å². The van der Waals surface area contributed by atoms with Crippen molar-refractivity contribution in [3.63, 3.8) is 0 Å². The minimum Gasteiger partial charge on any atom is -0.304 e. The van der Waals surface area contributed by atoms with Gasteiger partial charge in [0.05, 0.1) is 6.61 Å². The van der Waals surface area contributed by atoms with Crippen LogP contribution in [0.2, 0.25) is 0 Å². The zero-order chi connectivity index (χ0) is 9.31. The molecule has 4 heteroatoms. The number of nitrogens with zero attached hydrogens (tertiary/aromatic N) is 2. The van der Waals surface area contributed by atoms with E-state index in [-0.39, 0.29) is 5.41 Å². The van der Waals surface area contributed by atoms with Gasteiger partial charge in [-0.05, 0) is 25.8 Å². The van der Waals surface area contributed by atoms with E-state index in [0.29, 0.717) is 6.61 Å². The molecule has 4 nitrogen and oxygen atoms in total. The molecule has 0 aromatic carbocycles. The maximum atomic E-state index is 5.12.